The molecule has 0 atom stereocenters. The standard InChI is InChI=1S/C14H18FNO2/c1-16(9-11-4-3-5-12(15)8-11)10-14(6-7-14)13(17)18-2/h3-5,8H,6-7,9-10H2,1-2H3. The highest BCUT2D eigenvalue weighted by molar-refractivity contribution is 5.80. The summed E-state index contributed by atoms with van der Waals surface area (Å²) in [5.41, 5.74) is 0.592. The van der Waals surface area contributed by atoms with Crippen molar-refractivity contribution in [2.75, 3.05) is 20.7 Å². The third kappa shape index (κ3) is 2.88. The minimum absolute atomic E-state index is 0.131. The first-order chi connectivity index (χ1) is 8.55. The van der Waals surface area contributed by atoms with E-state index in [1.807, 2.05) is 18.0 Å². The van der Waals surface area contributed by atoms with Gasteiger partial charge < -0.3 is 9.64 Å². The van der Waals surface area contributed by atoms with Gasteiger partial charge in [0, 0.05) is 13.1 Å². The van der Waals surface area contributed by atoms with Crippen LogP contribution in [0.25, 0.3) is 0 Å². The molecule has 1 aliphatic carbocycles. The second kappa shape index (κ2) is 5.06. The Morgan fingerprint density at radius 1 is 1.50 bits per heavy atom. The molecular formula is C14H18FNO2. The molecule has 1 aliphatic rings. The predicted molar refractivity (Wildman–Crippen MR) is 66.4 cm³/mol. The fourth-order valence-electron chi connectivity index (χ4n) is 2.31. The summed E-state index contributed by atoms with van der Waals surface area (Å²) in [7, 11) is 3.36. The first-order valence-corrected chi connectivity index (χ1v) is 6.07. The average molecular weight is 251 g/mol. The molecule has 0 aromatic heterocycles. The largest absolute Gasteiger partial charge is 0.469 e. The van der Waals surface area contributed by atoms with Crippen molar-refractivity contribution in [1.82, 2.24) is 4.90 Å². The number of carbonyl (C=O) groups excluding carboxylic acids is 1. The van der Waals surface area contributed by atoms with Gasteiger partial charge in [-0.1, -0.05) is 12.1 Å². The van der Waals surface area contributed by atoms with Gasteiger partial charge in [-0.3, -0.25) is 4.79 Å². The minimum atomic E-state index is -0.323. The van der Waals surface area contributed by atoms with Crippen molar-refractivity contribution in [3.63, 3.8) is 0 Å². The molecule has 0 unspecified atom stereocenters. The van der Waals surface area contributed by atoms with E-state index in [9.17, 15) is 9.18 Å². The lowest BCUT2D eigenvalue weighted by Gasteiger charge is -2.22. The molecule has 1 aromatic rings. The summed E-state index contributed by atoms with van der Waals surface area (Å²) in [6.07, 6.45) is 1.76. The summed E-state index contributed by atoms with van der Waals surface area (Å²) in [6, 6.07) is 6.54. The van der Waals surface area contributed by atoms with Crippen LogP contribution in [0.1, 0.15) is 18.4 Å². The fourth-order valence-corrected chi connectivity index (χ4v) is 2.31. The van der Waals surface area contributed by atoms with Gasteiger partial charge >= 0.3 is 5.97 Å². The highest BCUT2D eigenvalue weighted by atomic mass is 19.1. The summed E-state index contributed by atoms with van der Waals surface area (Å²) < 4.78 is 17.9. The lowest BCUT2D eigenvalue weighted by Crippen LogP contribution is -2.32. The normalized spacial score (nSPS) is 16.7. The molecule has 1 aromatic carbocycles. The van der Waals surface area contributed by atoms with Gasteiger partial charge in [0.05, 0.1) is 12.5 Å². The molecule has 0 heterocycles. The number of methoxy groups -OCH3 is 1. The Balaban J connectivity index is 1.93. The molecule has 2 rings (SSSR count). The number of benzene rings is 1. The van der Waals surface area contributed by atoms with E-state index in [1.165, 1.54) is 19.2 Å². The summed E-state index contributed by atoms with van der Waals surface area (Å²) in [4.78, 5) is 13.7. The molecule has 1 fully saturated rings. The Morgan fingerprint density at radius 3 is 2.78 bits per heavy atom. The predicted octanol–water partition coefficient (Wildman–Crippen LogP) is 2.21. The lowest BCUT2D eigenvalue weighted by atomic mass is 10.1. The molecule has 0 amide bonds. The number of rotatable bonds is 5. The second-order valence-corrected chi connectivity index (χ2v) is 5.07. The van der Waals surface area contributed by atoms with Crippen molar-refractivity contribution in [3.05, 3.63) is 35.6 Å². The van der Waals surface area contributed by atoms with Crippen molar-refractivity contribution in [1.29, 1.82) is 0 Å². The molecule has 18 heavy (non-hydrogen) atoms. The maximum absolute atomic E-state index is 13.1. The number of halogens is 1. The van der Waals surface area contributed by atoms with Gasteiger partial charge in [-0.25, -0.2) is 4.39 Å². The SMILES string of the molecule is COC(=O)C1(CN(C)Cc2cccc(F)c2)CC1. The van der Waals surface area contributed by atoms with Crippen LogP contribution in [0, 0.1) is 11.2 Å². The summed E-state index contributed by atoms with van der Waals surface area (Å²) in [5.74, 6) is -0.358. The second-order valence-electron chi connectivity index (χ2n) is 5.07. The van der Waals surface area contributed by atoms with E-state index in [-0.39, 0.29) is 17.2 Å². The number of hydrogen-bond donors (Lipinski definition) is 0. The molecular weight excluding hydrogens is 233 g/mol. The number of carbonyl (C=O) groups is 1. The Hall–Kier alpha value is -1.42. The number of hydrogen-bond acceptors (Lipinski definition) is 3. The van der Waals surface area contributed by atoms with Gasteiger partial charge in [0.2, 0.25) is 0 Å². The Bertz CT molecular complexity index is 443. The fraction of sp³-hybridized carbons (Fsp3) is 0.500. The summed E-state index contributed by atoms with van der Waals surface area (Å²) in [6.45, 7) is 1.30. The lowest BCUT2D eigenvalue weighted by molar-refractivity contribution is -0.147. The van der Waals surface area contributed by atoms with E-state index in [0.29, 0.717) is 13.1 Å². The van der Waals surface area contributed by atoms with Crippen LogP contribution < -0.4 is 0 Å². The van der Waals surface area contributed by atoms with Crippen molar-refractivity contribution in [2.45, 2.75) is 19.4 Å². The van der Waals surface area contributed by atoms with Gasteiger partial charge in [-0.05, 0) is 37.6 Å². The van der Waals surface area contributed by atoms with Crippen molar-refractivity contribution in [2.24, 2.45) is 5.41 Å². The van der Waals surface area contributed by atoms with Crippen LogP contribution in [0.5, 0.6) is 0 Å². The molecule has 0 saturated heterocycles. The van der Waals surface area contributed by atoms with E-state index in [0.717, 1.165) is 18.4 Å². The van der Waals surface area contributed by atoms with Crippen molar-refractivity contribution in [3.8, 4) is 0 Å². The topological polar surface area (TPSA) is 29.5 Å². The van der Waals surface area contributed by atoms with Crippen LogP contribution in [0.2, 0.25) is 0 Å². The average Bonchev–Trinajstić information content (AvgIpc) is 3.08. The Labute approximate surface area is 107 Å². The molecule has 98 valence electrons. The third-order valence-corrected chi connectivity index (χ3v) is 3.39. The third-order valence-electron chi connectivity index (χ3n) is 3.39. The van der Waals surface area contributed by atoms with Crippen LogP contribution in [0.15, 0.2) is 24.3 Å². The molecule has 3 nitrogen and oxygen atoms in total. The number of esters is 1. The van der Waals surface area contributed by atoms with E-state index in [1.54, 1.807) is 6.07 Å². The van der Waals surface area contributed by atoms with Crippen molar-refractivity contribution >= 4 is 5.97 Å². The van der Waals surface area contributed by atoms with Crippen LogP contribution in [0.3, 0.4) is 0 Å². The van der Waals surface area contributed by atoms with Crippen molar-refractivity contribution < 1.29 is 13.9 Å². The molecule has 0 radical (unpaired) electrons. The summed E-state index contributed by atoms with van der Waals surface area (Å²) in [5, 5.41) is 0. The number of ether oxygens (including phenoxy) is 1. The van der Waals surface area contributed by atoms with Crippen LogP contribution >= 0.6 is 0 Å². The van der Waals surface area contributed by atoms with E-state index in [2.05, 4.69) is 0 Å². The van der Waals surface area contributed by atoms with E-state index < -0.39 is 0 Å². The minimum Gasteiger partial charge on any atom is -0.469 e. The molecule has 0 aliphatic heterocycles. The zero-order chi connectivity index (χ0) is 13.2. The molecule has 0 spiro atoms. The quantitative estimate of drug-likeness (QED) is 0.751. The molecule has 0 N–H and O–H groups in total. The van der Waals surface area contributed by atoms with Gasteiger partial charge in [-0.2, -0.15) is 0 Å². The molecule has 1 saturated carbocycles. The first kappa shape index (κ1) is 13.0. The smallest absolute Gasteiger partial charge is 0.313 e. The van der Waals surface area contributed by atoms with Gasteiger partial charge in [0.25, 0.3) is 0 Å². The zero-order valence-electron chi connectivity index (χ0n) is 10.8. The molecule has 4 heteroatoms. The van der Waals surface area contributed by atoms with Gasteiger partial charge in [-0.15, -0.1) is 0 Å². The monoisotopic (exact) mass is 251 g/mol. The van der Waals surface area contributed by atoms with Gasteiger partial charge in [0.1, 0.15) is 5.82 Å². The maximum Gasteiger partial charge on any atom is 0.313 e. The highest BCUT2D eigenvalue weighted by Gasteiger charge is 2.51. The zero-order valence-corrected chi connectivity index (χ0v) is 10.8. The van der Waals surface area contributed by atoms with E-state index >= 15 is 0 Å². The van der Waals surface area contributed by atoms with Crippen LogP contribution in [-0.2, 0) is 16.1 Å². The Morgan fingerprint density at radius 2 is 2.22 bits per heavy atom. The van der Waals surface area contributed by atoms with Gasteiger partial charge in [0.15, 0.2) is 0 Å². The Kier molecular flexibility index (Phi) is 3.66. The van der Waals surface area contributed by atoms with E-state index in [4.69, 9.17) is 4.74 Å². The summed E-state index contributed by atoms with van der Waals surface area (Å²) >= 11 is 0. The highest BCUT2D eigenvalue weighted by Crippen LogP contribution is 2.47. The molecule has 0 bridgehead atoms. The number of nitrogens with zero attached hydrogens (tertiary/aromatic N) is 1. The maximum atomic E-state index is 13.1. The first-order valence-electron chi connectivity index (χ1n) is 6.07. The van der Waals surface area contributed by atoms with Crippen LogP contribution in [-0.4, -0.2) is 31.6 Å². The van der Waals surface area contributed by atoms with Crippen LogP contribution in [0.4, 0.5) is 4.39 Å².